The monoisotopic (exact) mass is 294 g/mol. The van der Waals surface area contributed by atoms with Crippen LogP contribution in [0.4, 0.5) is 0 Å². The van der Waals surface area contributed by atoms with Crippen LogP contribution in [0.3, 0.4) is 0 Å². The first-order valence-electron chi connectivity index (χ1n) is 8.47. The molecule has 116 valence electrons. The number of hydrazone groups is 1. The van der Waals surface area contributed by atoms with Crippen LogP contribution in [0.2, 0.25) is 0 Å². The molecule has 1 fully saturated rings. The average molecular weight is 294 g/mol. The van der Waals surface area contributed by atoms with Gasteiger partial charge in [0.1, 0.15) is 0 Å². The number of allylic oxidation sites excluding steroid dienone is 4. The lowest BCUT2D eigenvalue weighted by Gasteiger charge is -2.14. The second-order valence-corrected chi connectivity index (χ2v) is 6.56. The minimum absolute atomic E-state index is 0.815. The van der Waals surface area contributed by atoms with Crippen molar-refractivity contribution in [3.05, 3.63) is 52.6 Å². The van der Waals surface area contributed by atoms with Crippen LogP contribution >= 0.6 is 0 Å². The first-order chi connectivity index (χ1) is 10.7. The summed E-state index contributed by atoms with van der Waals surface area (Å²) < 4.78 is 0. The van der Waals surface area contributed by atoms with Crippen LogP contribution < -0.4 is 5.43 Å². The van der Waals surface area contributed by atoms with E-state index < -0.39 is 0 Å². The fraction of sp³-hybridized carbons (Fsp3) is 0.450. The maximum absolute atomic E-state index is 4.62. The number of nitrogens with one attached hydrogen (secondary N) is 1. The zero-order chi connectivity index (χ0) is 15.4. The van der Waals surface area contributed by atoms with E-state index in [1.807, 2.05) is 0 Å². The quantitative estimate of drug-likeness (QED) is 0.756. The third kappa shape index (κ3) is 3.49. The van der Waals surface area contributed by atoms with E-state index >= 15 is 0 Å². The largest absolute Gasteiger partial charge is 0.306 e. The van der Waals surface area contributed by atoms with E-state index in [0.717, 1.165) is 13.0 Å². The van der Waals surface area contributed by atoms with Crippen molar-refractivity contribution in [2.75, 3.05) is 0 Å². The molecule has 0 radical (unpaired) electrons. The molecule has 2 aliphatic carbocycles. The summed E-state index contributed by atoms with van der Waals surface area (Å²) in [5.41, 5.74) is 11.7. The van der Waals surface area contributed by atoms with E-state index in [1.54, 1.807) is 0 Å². The van der Waals surface area contributed by atoms with Crippen molar-refractivity contribution >= 4 is 11.3 Å². The first kappa shape index (κ1) is 15.1. The van der Waals surface area contributed by atoms with Gasteiger partial charge in [-0.1, -0.05) is 42.3 Å². The molecule has 0 saturated heterocycles. The molecule has 0 unspecified atom stereocenters. The molecule has 1 saturated carbocycles. The standard InChI is InChI=1S/C20H26N2/c1-15-12-16(2)20(13-15)19-11-7-6-8-17(19)14-21-22-18-9-4-3-5-10-18/h6-8,11-12,21H,3-5,9-10,13-14H2,1-2H3. The van der Waals surface area contributed by atoms with Crippen molar-refractivity contribution in [3.8, 4) is 0 Å². The Hall–Kier alpha value is -1.83. The lowest BCUT2D eigenvalue weighted by atomic mass is 9.96. The summed E-state index contributed by atoms with van der Waals surface area (Å²) in [6.45, 7) is 5.25. The van der Waals surface area contributed by atoms with Crippen molar-refractivity contribution in [1.82, 2.24) is 5.43 Å². The predicted octanol–water partition coefficient (Wildman–Crippen LogP) is 5.22. The van der Waals surface area contributed by atoms with Crippen LogP contribution in [-0.2, 0) is 6.54 Å². The van der Waals surface area contributed by atoms with Gasteiger partial charge in [-0.2, -0.15) is 5.10 Å². The molecule has 0 spiro atoms. The Labute approximate surface area is 134 Å². The highest BCUT2D eigenvalue weighted by atomic mass is 15.3. The van der Waals surface area contributed by atoms with Gasteiger partial charge in [-0.3, -0.25) is 0 Å². The Morgan fingerprint density at radius 1 is 1.05 bits per heavy atom. The van der Waals surface area contributed by atoms with Crippen molar-refractivity contribution in [1.29, 1.82) is 0 Å². The summed E-state index contributed by atoms with van der Waals surface area (Å²) in [6, 6.07) is 8.73. The number of nitrogens with zero attached hydrogens (tertiary/aromatic N) is 1. The summed E-state index contributed by atoms with van der Waals surface area (Å²) in [7, 11) is 0. The van der Waals surface area contributed by atoms with Crippen LogP contribution in [0.25, 0.3) is 5.57 Å². The lowest BCUT2D eigenvalue weighted by molar-refractivity contribution is 0.646. The van der Waals surface area contributed by atoms with E-state index in [0.29, 0.717) is 0 Å². The predicted molar refractivity (Wildman–Crippen MR) is 94.8 cm³/mol. The van der Waals surface area contributed by atoms with Crippen molar-refractivity contribution in [2.45, 2.75) is 58.9 Å². The molecule has 2 nitrogen and oxygen atoms in total. The Morgan fingerprint density at radius 2 is 1.82 bits per heavy atom. The second kappa shape index (κ2) is 6.95. The summed E-state index contributed by atoms with van der Waals surface area (Å²) in [5, 5.41) is 4.62. The van der Waals surface area contributed by atoms with Crippen molar-refractivity contribution in [3.63, 3.8) is 0 Å². The number of rotatable bonds is 4. The van der Waals surface area contributed by atoms with Crippen LogP contribution in [0.5, 0.6) is 0 Å². The normalized spacial score (nSPS) is 18.5. The molecule has 2 aliphatic rings. The van der Waals surface area contributed by atoms with Crippen molar-refractivity contribution in [2.24, 2.45) is 5.10 Å². The molecular formula is C20H26N2. The van der Waals surface area contributed by atoms with Gasteiger partial charge in [0.15, 0.2) is 0 Å². The first-order valence-corrected chi connectivity index (χ1v) is 8.47. The third-order valence-electron chi connectivity index (χ3n) is 4.67. The summed E-state index contributed by atoms with van der Waals surface area (Å²) >= 11 is 0. The van der Waals surface area contributed by atoms with Gasteiger partial charge in [-0.25, -0.2) is 0 Å². The van der Waals surface area contributed by atoms with E-state index in [1.165, 1.54) is 65.7 Å². The summed E-state index contributed by atoms with van der Waals surface area (Å²) in [4.78, 5) is 0. The minimum atomic E-state index is 0.815. The van der Waals surface area contributed by atoms with Gasteiger partial charge in [0.2, 0.25) is 0 Å². The van der Waals surface area contributed by atoms with Gasteiger partial charge in [-0.15, -0.1) is 0 Å². The average Bonchev–Trinajstić information content (AvgIpc) is 2.87. The lowest BCUT2D eigenvalue weighted by Crippen LogP contribution is -2.13. The fourth-order valence-corrected chi connectivity index (χ4v) is 3.51. The zero-order valence-electron chi connectivity index (χ0n) is 13.8. The highest BCUT2D eigenvalue weighted by molar-refractivity contribution is 5.84. The molecule has 0 aromatic heterocycles. The fourth-order valence-electron chi connectivity index (χ4n) is 3.51. The molecular weight excluding hydrogens is 268 g/mol. The van der Waals surface area contributed by atoms with Gasteiger partial charge in [0, 0.05) is 5.71 Å². The maximum atomic E-state index is 4.62. The Bertz CT molecular complexity index is 627. The molecule has 0 aliphatic heterocycles. The van der Waals surface area contributed by atoms with Gasteiger partial charge in [-0.05, 0) is 68.2 Å². The Morgan fingerprint density at radius 3 is 2.55 bits per heavy atom. The van der Waals surface area contributed by atoms with Crippen LogP contribution in [0, 0.1) is 0 Å². The molecule has 0 atom stereocenters. The molecule has 0 heterocycles. The Balaban J connectivity index is 1.71. The van der Waals surface area contributed by atoms with Crippen LogP contribution in [0.15, 0.2) is 46.6 Å². The molecule has 22 heavy (non-hydrogen) atoms. The summed E-state index contributed by atoms with van der Waals surface area (Å²) in [5.74, 6) is 0. The van der Waals surface area contributed by atoms with Gasteiger partial charge < -0.3 is 5.43 Å². The number of hydrogen-bond donors (Lipinski definition) is 1. The highest BCUT2D eigenvalue weighted by Crippen LogP contribution is 2.34. The number of hydrogen-bond acceptors (Lipinski definition) is 2. The molecule has 2 heteroatoms. The maximum Gasteiger partial charge on any atom is 0.0585 e. The molecule has 1 aromatic carbocycles. The van der Waals surface area contributed by atoms with Gasteiger partial charge in [0.25, 0.3) is 0 Å². The van der Waals surface area contributed by atoms with E-state index in [-0.39, 0.29) is 0 Å². The zero-order valence-corrected chi connectivity index (χ0v) is 13.8. The second-order valence-electron chi connectivity index (χ2n) is 6.56. The summed E-state index contributed by atoms with van der Waals surface area (Å²) in [6.07, 6.45) is 9.69. The van der Waals surface area contributed by atoms with E-state index in [2.05, 4.69) is 54.7 Å². The molecule has 1 aromatic rings. The van der Waals surface area contributed by atoms with Crippen molar-refractivity contribution < 1.29 is 0 Å². The smallest absolute Gasteiger partial charge is 0.0585 e. The Kier molecular flexibility index (Phi) is 4.77. The highest BCUT2D eigenvalue weighted by Gasteiger charge is 2.14. The molecule has 3 rings (SSSR count). The number of benzene rings is 1. The molecule has 0 bridgehead atoms. The SMILES string of the molecule is CC1=CC(C)=C(c2ccccc2CNN=C2CCCCC2)C1. The minimum Gasteiger partial charge on any atom is -0.306 e. The van der Waals surface area contributed by atoms with Crippen LogP contribution in [0.1, 0.15) is 63.5 Å². The van der Waals surface area contributed by atoms with Gasteiger partial charge in [0.05, 0.1) is 6.54 Å². The topological polar surface area (TPSA) is 24.4 Å². The molecule has 1 N–H and O–H groups in total. The third-order valence-corrected chi connectivity index (χ3v) is 4.67. The molecule has 0 amide bonds. The van der Waals surface area contributed by atoms with E-state index in [4.69, 9.17) is 0 Å². The van der Waals surface area contributed by atoms with E-state index in [9.17, 15) is 0 Å². The van der Waals surface area contributed by atoms with Crippen LogP contribution in [-0.4, -0.2) is 5.71 Å². The van der Waals surface area contributed by atoms with Gasteiger partial charge >= 0.3 is 0 Å².